The highest BCUT2D eigenvalue weighted by Crippen LogP contribution is 2.40. The molecule has 3 heterocycles. The van der Waals surface area contributed by atoms with E-state index in [2.05, 4.69) is 31.4 Å². The van der Waals surface area contributed by atoms with Crippen LogP contribution in [-0.4, -0.2) is 47.7 Å². The van der Waals surface area contributed by atoms with Crippen LogP contribution in [0.25, 0.3) is 11.3 Å². The second-order valence-electron chi connectivity index (χ2n) is 9.67. The fourth-order valence-electron chi connectivity index (χ4n) is 5.26. The Kier molecular flexibility index (Phi) is 8.26. The first-order valence-electron chi connectivity index (χ1n) is 13.2. The lowest BCUT2D eigenvalue weighted by Gasteiger charge is -2.37. The summed E-state index contributed by atoms with van der Waals surface area (Å²) in [6.07, 6.45) is 2.21. The number of cyclic esters (lactones) is 1. The maximum atomic E-state index is 13.4. The smallest absolute Gasteiger partial charge is 0.411 e. The first-order valence-corrected chi connectivity index (χ1v) is 13.5. The number of aromatic amines is 1. The molecule has 1 saturated heterocycles. The van der Waals surface area contributed by atoms with Gasteiger partial charge in [0.1, 0.15) is 23.7 Å². The van der Waals surface area contributed by atoms with E-state index in [0.29, 0.717) is 29.4 Å². The highest BCUT2D eigenvalue weighted by atomic mass is 35.5. The van der Waals surface area contributed by atoms with Gasteiger partial charge in [-0.1, -0.05) is 24.4 Å². The molecule has 0 saturated carbocycles. The number of fused-ring (bicyclic) bond motifs is 4. The van der Waals surface area contributed by atoms with E-state index >= 15 is 0 Å². The van der Waals surface area contributed by atoms with Crippen molar-refractivity contribution < 1.29 is 23.0 Å². The number of halogens is 3. The van der Waals surface area contributed by atoms with Gasteiger partial charge in [0.05, 0.1) is 11.7 Å². The minimum Gasteiger partial charge on any atom is -0.441 e. The van der Waals surface area contributed by atoms with Gasteiger partial charge in [0.15, 0.2) is 5.69 Å². The topological polar surface area (TPSA) is 115 Å². The summed E-state index contributed by atoms with van der Waals surface area (Å²) >= 11 is 6.11. The third kappa shape index (κ3) is 5.77. The Hall–Kier alpha value is -4.04. The number of imidazole rings is 1. The Bertz CT molecular complexity index is 1430. The molecule has 1 fully saturated rings. The molecular formula is C28H29ClF2N6O3. The maximum Gasteiger partial charge on any atom is 0.411 e. The molecule has 40 heavy (non-hydrogen) atoms. The van der Waals surface area contributed by atoms with E-state index in [9.17, 15) is 18.8 Å². The molecule has 2 aliphatic heterocycles. The number of ether oxygens (including phenoxy) is 2. The van der Waals surface area contributed by atoms with E-state index in [1.54, 1.807) is 4.90 Å². The van der Waals surface area contributed by atoms with Crippen molar-refractivity contribution in [3.63, 3.8) is 0 Å². The summed E-state index contributed by atoms with van der Waals surface area (Å²) in [6, 6.07) is 11.8. The number of nitriles is 1. The summed E-state index contributed by atoms with van der Waals surface area (Å²) in [6.45, 7) is -1.99. The van der Waals surface area contributed by atoms with Gasteiger partial charge in [0.2, 0.25) is 0 Å². The van der Waals surface area contributed by atoms with Crippen LogP contribution in [0.1, 0.15) is 61.3 Å². The molecule has 3 N–H and O–H groups in total. The number of rotatable bonds is 5. The second-order valence-corrected chi connectivity index (χ2v) is 10.1. The van der Waals surface area contributed by atoms with Crippen LogP contribution < -0.4 is 15.4 Å². The number of nitrogens with one attached hydrogen (secondary N) is 3. The standard InChI is InChI=1S/C28H29ClF2N6O3/c1-33-17-7-8-18-20(14-17)34-11-4-2-3-5-22(26-35-21(15-32)25(18)36-26)37-12-10-24(40-28(37)38)19-13-16(29)6-9-23(19)39-27(30)31/h6-9,13-14,22,24,27,33-34H,2-5,10-12H2,1H3,(H,35,36)/t22-,24?/m0/s1. The molecule has 2 aliphatic rings. The van der Waals surface area contributed by atoms with Crippen LogP contribution in [0.15, 0.2) is 36.4 Å². The Morgan fingerprint density at radius 3 is 2.83 bits per heavy atom. The van der Waals surface area contributed by atoms with Gasteiger partial charge >= 0.3 is 12.7 Å². The molecule has 12 heteroatoms. The third-order valence-electron chi connectivity index (χ3n) is 7.21. The summed E-state index contributed by atoms with van der Waals surface area (Å²) in [5, 5.41) is 16.9. The highest BCUT2D eigenvalue weighted by Gasteiger charge is 2.37. The van der Waals surface area contributed by atoms with E-state index in [1.807, 2.05) is 25.2 Å². The van der Waals surface area contributed by atoms with Crippen molar-refractivity contribution in [3.05, 3.63) is 58.5 Å². The Labute approximate surface area is 235 Å². The number of H-pyrrole nitrogens is 1. The average molecular weight is 571 g/mol. The molecule has 9 nitrogen and oxygen atoms in total. The van der Waals surface area contributed by atoms with Crippen LogP contribution in [0.3, 0.4) is 0 Å². The lowest BCUT2D eigenvalue weighted by atomic mass is 10.0. The molecule has 2 atom stereocenters. The number of anilines is 2. The third-order valence-corrected chi connectivity index (χ3v) is 7.45. The molecule has 1 amide bonds. The number of aromatic nitrogens is 2. The number of hydrogen-bond acceptors (Lipinski definition) is 7. The summed E-state index contributed by atoms with van der Waals surface area (Å²) in [7, 11) is 1.85. The molecule has 1 aromatic heterocycles. The largest absolute Gasteiger partial charge is 0.441 e. The van der Waals surface area contributed by atoms with Crippen molar-refractivity contribution in [2.24, 2.45) is 0 Å². The van der Waals surface area contributed by atoms with Crippen molar-refractivity contribution >= 4 is 29.1 Å². The normalized spacial score (nSPS) is 19.4. The fourth-order valence-corrected chi connectivity index (χ4v) is 5.44. The summed E-state index contributed by atoms with van der Waals surface area (Å²) in [5.41, 5.74) is 3.71. The van der Waals surface area contributed by atoms with Gasteiger partial charge in [-0.2, -0.15) is 14.0 Å². The number of alkyl halides is 2. The summed E-state index contributed by atoms with van der Waals surface area (Å²) in [5.74, 6) is 0.412. The minimum absolute atomic E-state index is 0.0836. The van der Waals surface area contributed by atoms with E-state index in [-0.39, 0.29) is 23.6 Å². The lowest BCUT2D eigenvalue weighted by molar-refractivity contribution is -0.0530. The monoisotopic (exact) mass is 570 g/mol. The number of carbonyl (C=O) groups excluding carboxylic acids is 1. The molecule has 2 bridgehead atoms. The van der Waals surface area contributed by atoms with Gasteiger partial charge < -0.3 is 25.1 Å². The molecule has 5 rings (SSSR count). The summed E-state index contributed by atoms with van der Waals surface area (Å²) in [4.78, 5) is 22.9. The van der Waals surface area contributed by atoms with E-state index in [0.717, 1.165) is 42.7 Å². The maximum absolute atomic E-state index is 13.4. The van der Waals surface area contributed by atoms with Crippen molar-refractivity contribution in [3.8, 4) is 23.1 Å². The molecule has 0 aliphatic carbocycles. The van der Waals surface area contributed by atoms with Gasteiger partial charge in [-0.25, -0.2) is 9.78 Å². The van der Waals surface area contributed by atoms with Gasteiger partial charge in [-0.15, -0.1) is 0 Å². The number of benzene rings is 2. The number of nitrogens with zero attached hydrogens (tertiary/aromatic N) is 3. The van der Waals surface area contributed by atoms with E-state index in [1.165, 1.54) is 18.2 Å². The number of amides is 1. The van der Waals surface area contributed by atoms with Crippen molar-refractivity contribution in [2.45, 2.75) is 50.9 Å². The SMILES string of the molecule is CNc1ccc2c(c1)NCCCCC[C@H](N1CCC(c3cc(Cl)ccc3OC(F)F)OC1=O)c1nc(C#N)c-2[nH]1. The first kappa shape index (κ1) is 27.5. The zero-order valence-electron chi connectivity index (χ0n) is 21.8. The Morgan fingerprint density at radius 1 is 1.23 bits per heavy atom. The van der Waals surface area contributed by atoms with Gasteiger partial charge in [-0.05, 0) is 49.2 Å². The Balaban J connectivity index is 1.46. The van der Waals surface area contributed by atoms with Gasteiger partial charge in [0.25, 0.3) is 0 Å². The van der Waals surface area contributed by atoms with Crippen molar-refractivity contribution in [1.29, 1.82) is 5.26 Å². The zero-order valence-corrected chi connectivity index (χ0v) is 22.6. The average Bonchev–Trinajstić information content (AvgIpc) is 3.37. The zero-order chi connectivity index (χ0) is 28.2. The van der Waals surface area contributed by atoms with Crippen LogP contribution in [0, 0.1) is 11.3 Å². The van der Waals surface area contributed by atoms with Crippen LogP contribution >= 0.6 is 11.6 Å². The minimum atomic E-state index is -3.03. The molecule has 2 aromatic carbocycles. The van der Waals surface area contributed by atoms with Crippen LogP contribution in [0.2, 0.25) is 5.02 Å². The molecule has 3 aromatic rings. The predicted molar refractivity (Wildman–Crippen MR) is 147 cm³/mol. The molecule has 1 unspecified atom stereocenters. The second kappa shape index (κ2) is 12.0. The quantitative estimate of drug-likeness (QED) is 0.307. The molecular weight excluding hydrogens is 542 g/mol. The first-order chi connectivity index (χ1) is 19.4. The number of carbonyl (C=O) groups is 1. The molecule has 0 spiro atoms. The van der Waals surface area contributed by atoms with Crippen LogP contribution in [0.5, 0.6) is 5.75 Å². The number of hydrogen-bond donors (Lipinski definition) is 3. The van der Waals surface area contributed by atoms with Gasteiger partial charge in [0, 0.05) is 54.1 Å². The van der Waals surface area contributed by atoms with Crippen molar-refractivity contribution in [2.75, 3.05) is 30.8 Å². The van der Waals surface area contributed by atoms with Crippen LogP contribution in [0.4, 0.5) is 25.0 Å². The van der Waals surface area contributed by atoms with Gasteiger partial charge in [-0.3, -0.25) is 4.90 Å². The van der Waals surface area contributed by atoms with Crippen molar-refractivity contribution in [1.82, 2.24) is 14.9 Å². The van der Waals surface area contributed by atoms with E-state index in [4.69, 9.17) is 16.3 Å². The highest BCUT2D eigenvalue weighted by molar-refractivity contribution is 6.30. The van der Waals surface area contributed by atoms with E-state index < -0.39 is 24.9 Å². The van der Waals surface area contributed by atoms with Crippen LogP contribution in [-0.2, 0) is 4.74 Å². The summed E-state index contributed by atoms with van der Waals surface area (Å²) < 4.78 is 36.4. The predicted octanol–water partition coefficient (Wildman–Crippen LogP) is 6.86. The molecule has 0 radical (unpaired) electrons. The lowest BCUT2D eigenvalue weighted by Crippen LogP contribution is -2.42. The Morgan fingerprint density at radius 2 is 2.08 bits per heavy atom. The fraction of sp³-hybridized carbons (Fsp3) is 0.393. The molecule has 210 valence electrons.